The van der Waals surface area contributed by atoms with Gasteiger partial charge in [-0.2, -0.15) is 0 Å². The number of esters is 1. The van der Waals surface area contributed by atoms with Crippen LogP contribution in [0.15, 0.2) is 0 Å². The van der Waals surface area contributed by atoms with Gasteiger partial charge in [-0.1, -0.05) is 45.4 Å². The molecule has 0 spiro atoms. The first-order chi connectivity index (χ1) is 25.7. The summed E-state index contributed by atoms with van der Waals surface area (Å²) in [4.78, 5) is 22.0. The first-order valence-corrected chi connectivity index (χ1v) is 19.0. The molecule has 310 valence electrons. The number of carboxylic acid groups (broad SMARTS) is 1. The fourth-order valence-corrected chi connectivity index (χ4v) is 4.09. The van der Waals surface area contributed by atoms with Gasteiger partial charge < -0.3 is 66.7 Å². The Morgan fingerprint density at radius 3 is 0.885 bits per heavy atom. The minimum Gasteiger partial charge on any atom is -0.480 e. The highest BCUT2D eigenvalue weighted by molar-refractivity contribution is 5.69. The summed E-state index contributed by atoms with van der Waals surface area (Å²) < 4.78 is 69.8. The van der Waals surface area contributed by atoms with E-state index in [1.807, 2.05) is 0 Å². The van der Waals surface area contributed by atoms with Gasteiger partial charge >= 0.3 is 11.9 Å². The second kappa shape index (κ2) is 45.6. The Hall–Kier alpha value is -1.54. The number of hydrogen-bond acceptors (Lipinski definition) is 15. The van der Waals surface area contributed by atoms with Crippen molar-refractivity contribution >= 4 is 11.9 Å². The first-order valence-electron chi connectivity index (χ1n) is 19.0. The lowest BCUT2D eigenvalue weighted by Crippen LogP contribution is -2.16. The Morgan fingerprint density at radius 2 is 0.596 bits per heavy atom. The third kappa shape index (κ3) is 46.5. The molecule has 16 nitrogen and oxygen atoms in total. The summed E-state index contributed by atoms with van der Waals surface area (Å²) in [6, 6.07) is 0. The summed E-state index contributed by atoms with van der Waals surface area (Å²) in [5.74, 6) is -1.14. The third-order valence-corrected chi connectivity index (χ3v) is 6.79. The van der Waals surface area contributed by atoms with Gasteiger partial charge in [0.15, 0.2) is 0 Å². The van der Waals surface area contributed by atoms with Crippen molar-refractivity contribution in [2.45, 2.75) is 58.3 Å². The van der Waals surface area contributed by atoms with E-state index >= 15 is 0 Å². The Balaban J connectivity index is 3.10. The molecule has 0 aliphatic rings. The van der Waals surface area contributed by atoms with E-state index < -0.39 is 5.97 Å². The van der Waals surface area contributed by atoms with E-state index in [4.69, 9.17) is 66.7 Å². The molecule has 0 atom stereocenters. The van der Waals surface area contributed by atoms with Gasteiger partial charge in [-0.25, -0.2) is 4.79 Å². The minimum absolute atomic E-state index is 0.147. The predicted octanol–water partition coefficient (Wildman–Crippen LogP) is 2.95. The molecule has 52 heavy (non-hydrogen) atoms. The smallest absolute Gasteiger partial charge is 0.329 e. The van der Waals surface area contributed by atoms with Crippen LogP contribution in [0.3, 0.4) is 0 Å². The molecule has 0 aromatic rings. The summed E-state index contributed by atoms with van der Waals surface area (Å²) in [7, 11) is 0. The molecular weight excluding hydrogens is 688 g/mol. The van der Waals surface area contributed by atoms with Crippen LogP contribution < -0.4 is 0 Å². The number of aliphatic carboxylic acids is 1. The van der Waals surface area contributed by atoms with Crippen LogP contribution in [-0.2, 0) is 71.2 Å². The number of ether oxygens (including phenoxy) is 13. The predicted molar refractivity (Wildman–Crippen MR) is 191 cm³/mol. The molecule has 0 saturated heterocycles. The van der Waals surface area contributed by atoms with Gasteiger partial charge in [0.2, 0.25) is 0 Å². The number of unbranched alkanes of at least 4 members (excludes halogenated alkanes) is 6. The van der Waals surface area contributed by atoms with Crippen LogP contribution in [0.1, 0.15) is 58.3 Å². The zero-order valence-electron chi connectivity index (χ0n) is 31.9. The van der Waals surface area contributed by atoms with Crippen molar-refractivity contribution in [3.63, 3.8) is 0 Å². The Morgan fingerprint density at radius 1 is 0.346 bits per heavy atom. The van der Waals surface area contributed by atoms with Gasteiger partial charge in [-0.05, 0) is 6.42 Å². The van der Waals surface area contributed by atoms with E-state index in [-0.39, 0.29) is 25.8 Å². The lowest BCUT2D eigenvalue weighted by atomic mass is 10.1. The van der Waals surface area contributed by atoms with Crippen LogP contribution in [0.25, 0.3) is 0 Å². The molecule has 16 heteroatoms. The van der Waals surface area contributed by atoms with Crippen LogP contribution >= 0.6 is 0 Å². The molecule has 0 fully saturated rings. The number of hydrogen-bond donors (Lipinski definition) is 1. The molecule has 0 bridgehead atoms. The Kier molecular flexibility index (Phi) is 44.3. The van der Waals surface area contributed by atoms with Crippen molar-refractivity contribution < 1.29 is 76.3 Å². The lowest BCUT2D eigenvalue weighted by Gasteiger charge is -2.09. The molecule has 0 aliphatic heterocycles. The van der Waals surface area contributed by atoms with Gasteiger partial charge in [0, 0.05) is 6.42 Å². The Bertz CT molecular complexity index is 718. The molecule has 0 radical (unpaired) electrons. The van der Waals surface area contributed by atoms with Crippen LogP contribution in [0.2, 0.25) is 0 Å². The fourth-order valence-electron chi connectivity index (χ4n) is 4.09. The molecule has 0 aliphatic carbocycles. The van der Waals surface area contributed by atoms with Gasteiger partial charge in [0.25, 0.3) is 0 Å². The second-order valence-electron chi connectivity index (χ2n) is 11.3. The van der Waals surface area contributed by atoms with Crippen molar-refractivity contribution in [2.24, 2.45) is 0 Å². The van der Waals surface area contributed by atoms with Crippen LogP contribution in [-0.4, -0.2) is 182 Å². The van der Waals surface area contributed by atoms with Crippen LogP contribution in [0.5, 0.6) is 0 Å². The molecule has 1 N–H and O–H groups in total. The highest BCUT2D eigenvalue weighted by Crippen LogP contribution is 2.08. The average molecular weight is 759 g/mol. The average Bonchev–Trinajstić information content (AvgIpc) is 3.13. The standard InChI is InChI=1S/C36H70O16/c1-2-3-4-5-6-7-8-9-36(39)52-33-32-50-29-28-48-25-24-46-21-20-44-17-16-42-13-12-40-10-11-41-14-15-43-18-19-45-22-23-47-26-27-49-30-31-51-34-35(37)38/h2-34H2,1H3,(H,37,38). The van der Waals surface area contributed by atoms with Gasteiger partial charge in [-0.3, -0.25) is 4.79 Å². The zero-order chi connectivity index (χ0) is 37.7. The van der Waals surface area contributed by atoms with Gasteiger partial charge in [0.1, 0.15) is 13.2 Å². The van der Waals surface area contributed by atoms with Crippen LogP contribution in [0.4, 0.5) is 0 Å². The summed E-state index contributed by atoms with van der Waals surface area (Å²) in [6.07, 6.45) is 8.76. The zero-order valence-corrected chi connectivity index (χ0v) is 31.9. The van der Waals surface area contributed by atoms with Gasteiger partial charge in [-0.15, -0.1) is 0 Å². The number of carboxylic acids is 1. The number of rotatable bonds is 46. The normalized spacial score (nSPS) is 11.4. The summed E-state index contributed by atoms with van der Waals surface area (Å²) in [5.41, 5.74) is 0. The molecule has 0 heterocycles. The monoisotopic (exact) mass is 758 g/mol. The van der Waals surface area contributed by atoms with Crippen molar-refractivity contribution in [3.05, 3.63) is 0 Å². The second-order valence-corrected chi connectivity index (χ2v) is 11.3. The fraction of sp³-hybridized carbons (Fsp3) is 0.944. The molecule has 0 aromatic heterocycles. The molecule has 0 saturated carbocycles. The maximum Gasteiger partial charge on any atom is 0.329 e. The van der Waals surface area contributed by atoms with E-state index in [9.17, 15) is 9.59 Å². The summed E-state index contributed by atoms with van der Waals surface area (Å²) in [6.45, 7) is 12.5. The van der Waals surface area contributed by atoms with E-state index in [0.29, 0.717) is 152 Å². The van der Waals surface area contributed by atoms with Crippen molar-refractivity contribution in [3.8, 4) is 0 Å². The lowest BCUT2D eigenvalue weighted by molar-refractivity contribution is -0.145. The molecule has 0 amide bonds. The molecule has 0 aromatic carbocycles. The molecule has 0 rings (SSSR count). The van der Waals surface area contributed by atoms with E-state index in [1.165, 1.54) is 32.1 Å². The highest BCUT2D eigenvalue weighted by Gasteiger charge is 2.03. The van der Waals surface area contributed by atoms with Crippen molar-refractivity contribution in [1.82, 2.24) is 0 Å². The molecular formula is C36H70O16. The topological polar surface area (TPSA) is 174 Å². The number of carbonyl (C=O) groups is 2. The van der Waals surface area contributed by atoms with E-state index in [0.717, 1.165) is 12.8 Å². The van der Waals surface area contributed by atoms with Gasteiger partial charge in [0.05, 0.1) is 152 Å². The van der Waals surface area contributed by atoms with Crippen molar-refractivity contribution in [2.75, 3.05) is 165 Å². The maximum atomic E-state index is 11.7. The minimum atomic E-state index is -0.998. The summed E-state index contributed by atoms with van der Waals surface area (Å²) >= 11 is 0. The van der Waals surface area contributed by atoms with Crippen molar-refractivity contribution in [1.29, 1.82) is 0 Å². The SMILES string of the molecule is CCCCCCCCCC(=O)OCCOCCOCCOCCOCCOCCOCCOCCOCCOCCOCCOCCOCC(=O)O. The van der Waals surface area contributed by atoms with Crippen LogP contribution in [0, 0.1) is 0 Å². The maximum absolute atomic E-state index is 11.7. The first kappa shape index (κ1) is 50.5. The largest absolute Gasteiger partial charge is 0.480 e. The van der Waals surface area contributed by atoms with E-state index in [2.05, 4.69) is 6.92 Å². The highest BCUT2D eigenvalue weighted by atomic mass is 16.6. The third-order valence-electron chi connectivity index (χ3n) is 6.79. The quantitative estimate of drug-likeness (QED) is 0.0708. The number of carbonyl (C=O) groups excluding carboxylic acids is 1. The molecule has 0 unspecified atom stereocenters. The summed E-state index contributed by atoms with van der Waals surface area (Å²) in [5, 5.41) is 8.43. The Labute approximate surface area is 311 Å². The van der Waals surface area contributed by atoms with E-state index in [1.54, 1.807) is 0 Å².